The molecule has 1 aromatic carbocycles. The van der Waals surface area contributed by atoms with Crippen LogP contribution in [-0.2, 0) is 0 Å². The number of nitrogens with zero attached hydrogens (tertiary/aromatic N) is 1. The van der Waals surface area contributed by atoms with Gasteiger partial charge in [-0.1, -0.05) is 22.9 Å². The third-order valence-electron chi connectivity index (χ3n) is 2.38. The van der Waals surface area contributed by atoms with Crippen molar-refractivity contribution in [3.05, 3.63) is 28.1 Å². The lowest BCUT2D eigenvalue weighted by molar-refractivity contribution is 0.410. The molecule has 0 radical (unpaired) electrons. The highest BCUT2D eigenvalue weighted by Crippen LogP contribution is 2.37. The molecule has 0 unspecified atom stereocenters. The standard InChI is InChI=1S/C12H12ClNO2S/c1-7-4-8(13)5-9(11(7)15-2)10-6-17-12(14-10)16-3/h4-6H,1-3H3. The van der Waals surface area contributed by atoms with Crippen molar-refractivity contribution in [2.75, 3.05) is 14.2 Å². The average molecular weight is 270 g/mol. The summed E-state index contributed by atoms with van der Waals surface area (Å²) in [5.41, 5.74) is 2.69. The molecule has 0 bridgehead atoms. The molecule has 0 spiro atoms. The van der Waals surface area contributed by atoms with Crippen LogP contribution in [0.1, 0.15) is 5.56 Å². The average Bonchev–Trinajstić information content (AvgIpc) is 2.76. The zero-order valence-electron chi connectivity index (χ0n) is 9.78. The fraction of sp³-hybridized carbons (Fsp3) is 0.250. The first-order valence-electron chi connectivity index (χ1n) is 4.99. The minimum atomic E-state index is 0.625. The molecule has 5 heteroatoms. The number of benzene rings is 1. The Hall–Kier alpha value is -1.26. The van der Waals surface area contributed by atoms with Gasteiger partial charge in [0, 0.05) is 16.0 Å². The molecule has 0 fully saturated rings. The lowest BCUT2D eigenvalue weighted by Crippen LogP contribution is -1.92. The topological polar surface area (TPSA) is 31.4 Å². The fourth-order valence-electron chi connectivity index (χ4n) is 1.67. The maximum absolute atomic E-state index is 6.06. The number of halogens is 1. The van der Waals surface area contributed by atoms with Crippen LogP contribution >= 0.6 is 22.9 Å². The van der Waals surface area contributed by atoms with Crippen LogP contribution < -0.4 is 9.47 Å². The minimum Gasteiger partial charge on any atom is -0.496 e. The van der Waals surface area contributed by atoms with Crippen LogP contribution in [0.4, 0.5) is 0 Å². The van der Waals surface area contributed by atoms with Gasteiger partial charge in [-0.05, 0) is 24.6 Å². The van der Waals surface area contributed by atoms with Crippen molar-refractivity contribution in [1.82, 2.24) is 4.98 Å². The molecule has 0 saturated carbocycles. The predicted molar refractivity (Wildman–Crippen MR) is 70.4 cm³/mol. The Kier molecular flexibility index (Phi) is 3.54. The SMILES string of the molecule is COc1nc(-c2cc(Cl)cc(C)c2OC)cs1. The molecule has 1 heterocycles. The van der Waals surface area contributed by atoms with Gasteiger partial charge in [-0.3, -0.25) is 0 Å². The number of aromatic nitrogens is 1. The molecule has 0 aliphatic carbocycles. The summed E-state index contributed by atoms with van der Waals surface area (Å²) in [6.45, 7) is 1.96. The van der Waals surface area contributed by atoms with E-state index in [1.54, 1.807) is 14.2 Å². The number of rotatable bonds is 3. The third kappa shape index (κ3) is 2.37. The third-order valence-corrected chi connectivity index (χ3v) is 3.40. The molecule has 0 aliphatic rings. The van der Waals surface area contributed by atoms with Gasteiger partial charge in [-0.15, -0.1) is 0 Å². The summed E-state index contributed by atoms with van der Waals surface area (Å²) in [6, 6.07) is 3.72. The van der Waals surface area contributed by atoms with Gasteiger partial charge in [0.15, 0.2) is 0 Å². The quantitative estimate of drug-likeness (QED) is 0.850. The Morgan fingerprint density at radius 2 is 2.00 bits per heavy atom. The Bertz CT molecular complexity index is 539. The molecule has 0 N–H and O–H groups in total. The van der Waals surface area contributed by atoms with Gasteiger partial charge in [-0.25, -0.2) is 4.98 Å². The molecule has 17 heavy (non-hydrogen) atoms. The highest BCUT2D eigenvalue weighted by Gasteiger charge is 2.13. The molecule has 0 aliphatic heterocycles. The molecule has 0 saturated heterocycles. The summed E-state index contributed by atoms with van der Waals surface area (Å²) in [7, 11) is 3.24. The van der Waals surface area contributed by atoms with Crippen molar-refractivity contribution >= 4 is 22.9 Å². The van der Waals surface area contributed by atoms with E-state index in [4.69, 9.17) is 21.1 Å². The Labute approximate surface area is 109 Å². The van der Waals surface area contributed by atoms with E-state index < -0.39 is 0 Å². The van der Waals surface area contributed by atoms with Gasteiger partial charge in [0.05, 0.1) is 19.9 Å². The first-order chi connectivity index (χ1) is 8.15. The second kappa shape index (κ2) is 4.94. The van der Waals surface area contributed by atoms with E-state index in [9.17, 15) is 0 Å². The zero-order chi connectivity index (χ0) is 12.4. The summed E-state index contributed by atoms with van der Waals surface area (Å²) in [4.78, 5) is 4.35. The largest absolute Gasteiger partial charge is 0.496 e. The van der Waals surface area contributed by atoms with E-state index in [1.807, 2.05) is 24.4 Å². The first kappa shape index (κ1) is 12.2. The zero-order valence-corrected chi connectivity index (χ0v) is 11.4. The number of hydrogen-bond acceptors (Lipinski definition) is 4. The van der Waals surface area contributed by atoms with Crippen LogP contribution in [0.25, 0.3) is 11.3 Å². The monoisotopic (exact) mass is 269 g/mol. The number of aryl methyl sites for hydroxylation is 1. The second-order valence-electron chi connectivity index (χ2n) is 3.51. The lowest BCUT2D eigenvalue weighted by atomic mass is 10.1. The van der Waals surface area contributed by atoms with Crippen molar-refractivity contribution in [1.29, 1.82) is 0 Å². The molecule has 0 atom stereocenters. The highest BCUT2D eigenvalue weighted by molar-refractivity contribution is 7.11. The molecule has 1 aromatic heterocycles. The van der Waals surface area contributed by atoms with Gasteiger partial charge in [-0.2, -0.15) is 0 Å². The summed E-state index contributed by atoms with van der Waals surface area (Å²) in [5.74, 6) is 0.794. The normalized spacial score (nSPS) is 10.4. The second-order valence-corrected chi connectivity index (χ2v) is 4.76. The molecular formula is C12H12ClNO2S. The van der Waals surface area contributed by atoms with Crippen molar-refractivity contribution in [3.8, 4) is 22.2 Å². The Morgan fingerprint density at radius 3 is 2.59 bits per heavy atom. The van der Waals surface area contributed by atoms with E-state index in [2.05, 4.69) is 4.98 Å². The van der Waals surface area contributed by atoms with E-state index in [0.29, 0.717) is 10.2 Å². The summed E-state index contributed by atoms with van der Waals surface area (Å²) < 4.78 is 10.5. The Balaban J connectivity index is 2.57. The first-order valence-corrected chi connectivity index (χ1v) is 6.25. The van der Waals surface area contributed by atoms with E-state index in [0.717, 1.165) is 22.6 Å². The van der Waals surface area contributed by atoms with Crippen LogP contribution in [0.3, 0.4) is 0 Å². The van der Waals surface area contributed by atoms with E-state index in [-0.39, 0.29) is 0 Å². The van der Waals surface area contributed by atoms with Gasteiger partial charge >= 0.3 is 0 Å². The summed E-state index contributed by atoms with van der Waals surface area (Å²) >= 11 is 7.50. The number of ether oxygens (including phenoxy) is 2. The summed E-state index contributed by atoms with van der Waals surface area (Å²) in [5, 5.41) is 3.22. The number of hydrogen-bond donors (Lipinski definition) is 0. The van der Waals surface area contributed by atoms with Gasteiger partial charge in [0.25, 0.3) is 5.19 Å². The van der Waals surface area contributed by atoms with Crippen LogP contribution in [0.5, 0.6) is 10.9 Å². The lowest BCUT2D eigenvalue weighted by Gasteiger charge is -2.10. The van der Waals surface area contributed by atoms with Crippen molar-refractivity contribution in [2.45, 2.75) is 6.92 Å². The van der Waals surface area contributed by atoms with Crippen LogP contribution in [0, 0.1) is 6.92 Å². The smallest absolute Gasteiger partial charge is 0.273 e. The molecule has 3 nitrogen and oxygen atoms in total. The van der Waals surface area contributed by atoms with Crippen molar-refractivity contribution in [3.63, 3.8) is 0 Å². The molecular weight excluding hydrogens is 258 g/mol. The minimum absolute atomic E-state index is 0.625. The molecule has 90 valence electrons. The van der Waals surface area contributed by atoms with Crippen molar-refractivity contribution in [2.24, 2.45) is 0 Å². The Morgan fingerprint density at radius 1 is 1.24 bits per heavy atom. The van der Waals surface area contributed by atoms with Gasteiger partial charge in [0.1, 0.15) is 5.75 Å². The van der Waals surface area contributed by atoms with Crippen LogP contribution in [0.2, 0.25) is 5.02 Å². The molecule has 2 aromatic rings. The van der Waals surface area contributed by atoms with Crippen LogP contribution in [-0.4, -0.2) is 19.2 Å². The maximum atomic E-state index is 6.06. The summed E-state index contributed by atoms with van der Waals surface area (Å²) in [6.07, 6.45) is 0. The van der Waals surface area contributed by atoms with E-state index in [1.165, 1.54) is 11.3 Å². The number of thiazole rings is 1. The highest BCUT2D eigenvalue weighted by atomic mass is 35.5. The van der Waals surface area contributed by atoms with Crippen molar-refractivity contribution < 1.29 is 9.47 Å². The van der Waals surface area contributed by atoms with E-state index >= 15 is 0 Å². The van der Waals surface area contributed by atoms with Crippen LogP contribution in [0.15, 0.2) is 17.5 Å². The van der Waals surface area contributed by atoms with Gasteiger partial charge in [0.2, 0.25) is 0 Å². The molecule has 0 amide bonds. The fourth-order valence-corrected chi connectivity index (χ4v) is 2.58. The number of methoxy groups -OCH3 is 2. The maximum Gasteiger partial charge on any atom is 0.273 e. The molecule has 2 rings (SSSR count). The predicted octanol–water partition coefficient (Wildman–Crippen LogP) is 3.79. The van der Waals surface area contributed by atoms with Gasteiger partial charge < -0.3 is 9.47 Å².